The Morgan fingerprint density at radius 2 is 1.09 bits per heavy atom. The molecule has 0 bridgehead atoms. The molecule has 0 fully saturated rings. The summed E-state index contributed by atoms with van der Waals surface area (Å²) in [4.78, 5) is 1.70. The van der Waals surface area contributed by atoms with E-state index in [1.165, 1.54) is 128 Å². The van der Waals surface area contributed by atoms with Gasteiger partial charge in [-0.05, 0) is 57.1 Å². The van der Waals surface area contributed by atoms with Crippen molar-refractivity contribution in [2.24, 2.45) is 0 Å². The average Bonchev–Trinajstić information content (AvgIpc) is 2.84. The van der Waals surface area contributed by atoms with Gasteiger partial charge in [0.05, 0.1) is 20.1 Å². The average molecular weight is 443 g/mol. The molecule has 0 saturated carbocycles. The zero-order valence-corrected chi connectivity index (χ0v) is 21.1. The van der Waals surface area contributed by atoms with Crippen molar-refractivity contribution in [2.45, 2.75) is 84.0 Å². The first-order chi connectivity index (χ1) is 16.3. The number of hydrogen-bond donors (Lipinski definition) is 1. The standard InChI is InChI=1S/C32H43N/c1-3-4-5-6-7-8-9-10-11-12-24-33(2)25-14-17-26-18-19-29-21-20-27-15-13-16-28-22-23-30(26)32(29)31(27)28/h13,15-16,18-23H,3-12,14,17,24-25H2,1-2H3/p+1. The van der Waals surface area contributed by atoms with E-state index in [1.807, 2.05) is 0 Å². The van der Waals surface area contributed by atoms with E-state index in [0.29, 0.717) is 0 Å². The lowest BCUT2D eigenvalue weighted by Gasteiger charge is -2.16. The first kappa shape index (κ1) is 24.0. The third kappa shape index (κ3) is 6.27. The second kappa shape index (κ2) is 12.4. The molecule has 1 N–H and O–H groups in total. The lowest BCUT2D eigenvalue weighted by molar-refractivity contribution is -0.880. The monoisotopic (exact) mass is 442 g/mol. The highest BCUT2D eigenvalue weighted by Gasteiger charge is 2.11. The molecule has 1 atom stereocenters. The first-order valence-corrected chi connectivity index (χ1v) is 13.7. The van der Waals surface area contributed by atoms with E-state index in [4.69, 9.17) is 0 Å². The third-order valence-corrected chi connectivity index (χ3v) is 7.63. The zero-order chi connectivity index (χ0) is 22.9. The molecule has 0 aliphatic carbocycles. The number of aryl methyl sites for hydroxylation is 1. The largest absolute Gasteiger partial charge is 0.337 e. The molecule has 0 aliphatic heterocycles. The Labute approximate surface area is 201 Å². The van der Waals surface area contributed by atoms with Gasteiger partial charge in [0.1, 0.15) is 0 Å². The van der Waals surface area contributed by atoms with Crippen LogP contribution in [0.25, 0.3) is 32.3 Å². The summed E-state index contributed by atoms with van der Waals surface area (Å²) in [5.74, 6) is 0. The molecule has 176 valence electrons. The smallest absolute Gasteiger partial charge is 0.0772 e. The molecule has 1 nitrogen and oxygen atoms in total. The Kier molecular flexibility index (Phi) is 9.01. The number of benzene rings is 4. The van der Waals surface area contributed by atoms with Crippen LogP contribution in [0.15, 0.2) is 54.6 Å². The summed E-state index contributed by atoms with van der Waals surface area (Å²) in [5, 5.41) is 8.48. The number of hydrogen-bond acceptors (Lipinski definition) is 0. The summed E-state index contributed by atoms with van der Waals surface area (Å²) in [6.45, 7) is 4.90. The molecule has 4 aromatic rings. The maximum Gasteiger partial charge on any atom is 0.0772 e. The van der Waals surface area contributed by atoms with E-state index in [2.05, 4.69) is 68.6 Å². The van der Waals surface area contributed by atoms with Crippen LogP contribution in [0, 0.1) is 0 Å². The lowest BCUT2D eigenvalue weighted by Crippen LogP contribution is -3.09. The van der Waals surface area contributed by atoms with E-state index < -0.39 is 0 Å². The molecule has 1 heteroatoms. The molecular weight excluding hydrogens is 398 g/mol. The SMILES string of the molecule is CCCCCCCCCCCC[NH+](C)CCCc1ccc2ccc3cccc4ccc1c2c34. The van der Waals surface area contributed by atoms with E-state index in [9.17, 15) is 0 Å². The number of unbranched alkanes of at least 4 members (excludes halogenated alkanes) is 9. The normalized spacial score (nSPS) is 12.9. The Morgan fingerprint density at radius 1 is 0.545 bits per heavy atom. The van der Waals surface area contributed by atoms with Crippen LogP contribution in [-0.4, -0.2) is 20.1 Å². The van der Waals surface area contributed by atoms with Crippen molar-refractivity contribution in [1.82, 2.24) is 0 Å². The van der Waals surface area contributed by atoms with Crippen molar-refractivity contribution in [2.75, 3.05) is 20.1 Å². The van der Waals surface area contributed by atoms with Crippen molar-refractivity contribution in [3.63, 3.8) is 0 Å². The highest BCUT2D eigenvalue weighted by molar-refractivity contribution is 6.23. The molecule has 0 radical (unpaired) electrons. The van der Waals surface area contributed by atoms with Crippen molar-refractivity contribution in [3.05, 3.63) is 60.2 Å². The molecule has 0 heterocycles. The van der Waals surface area contributed by atoms with Crippen LogP contribution >= 0.6 is 0 Å². The van der Waals surface area contributed by atoms with Crippen LogP contribution in [0.4, 0.5) is 0 Å². The molecule has 0 spiro atoms. The Balaban J connectivity index is 1.20. The maximum atomic E-state index is 2.39. The molecule has 4 rings (SSSR count). The van der Waals surface area contributed by atoms with E-state index in [-0.39, 0.29) is 0 Å². The van der Waals surface area contributed by atoms with Crippen molar-refractivity contribution < 1.29 is 4.90 Å². The summed E-state index contributed by atoms with van der Waals surface area (Å²) in [6, 6.07) is 20.6. The van der Waals surface area contributed by atoms with Gasteiger partial charge in [0.15, 0.2) is 0 Å². The third-order valence-electron chi connectivity index (χ3n) is 7.63. The van der Waals surface area contributed by atoms with Gasteiger partial charge in [-0.2, -0.15) is 0 Å². The molecule has 4 aromatic carbocycles. The van der Waals surface area contributed by atoms with Gasteiger partial charge in [-0.25, -0.2) is 0 Å². The second-order valence-corrected chi connectivity index (χ2v) is 10.3. The van der Waals surface area contributed by atoms with Crippen molar-refractivity contribution in [3.8, 4) is 0 Å². The minimum absolute atomic E-state index is 1.18. The molecule has 0 amide bonds. The molecule has 0 aromatic heterocycles. The van der Waals surface area contributed by atoms with Crippen molar-refractivity contribution in [1.29, 1.82) is 0 Å². The maximum absolute atomic E-state index is 2.39. The van der Waals surface area contributed by atoms with Gasteiger partial charge in [-0.1, -0.05) is 113 Å². The van der Waals surface area contributed by atoms with Crippen LogP contribution in [0.5, 0.6) is 0 Å². The van der Waals surface area contributed by atoms with Crippen LogP contribution in [-0.2, 0) is 6.42 Å². The fourth-order valence-electron chi connectivity index (χ4n) is 5.63. The van der Waals surface area contributed by atoms with Crippen LogP contribution in [0.1, 0.15) is 83.1 Å². The molecule has 1 unspecified atom stereocenters. The fraction of sp³-hybridized carbons (Fsp3) is 0.500. The van der Waals surface area contributed by atoms with Crippen molar-refractivity contribution >= 4 is 32.3 Å². The number of nitrogens with one attached hydrogen (secondary N) is 1. The fourth-order valence-corrected chi connectivity index (χ4v) is 5.63. The predicted molar refractivity (Wildman–Crippen MR) is 147 cm³/mol. The summed E-state index contributed by atoms with van der Waals surface area (Å²) in [7, 11) is 2.39. The molecule has 33 heavy (non-hydrogen) atoms. The highest BCUT2D eigenvalue weighted by atomic mass is 15.1. The Hall–Kier alpha value is -2.12. The first-order valence-electron chi connectivity index (χ1n) is 13.7. The Bertz CT molecular complexity index is 1100. The van der Waals surface area contributed by atoms with Crippen LogP contribution in [0.3, 0.4) is 0 Å². The minimum Gasteiger partial charge on any atom is -0.337 e. The van der Waals surface area contributed by atoms with Gasteiger partial charge in [-0.15, -0.1) is 0 Å². The second-order valence-electron chi connectivity index (χ2n) is 10.3. The van der Waals surface area contributed by atoms with E-state index in [0.717, 1.165) is 0 Å². The van der Waals surface area contributed by atoms with Crippen LogP contribution in [0.2, 0.25) is 0 Å². The van der Waals surface area contributed by atoms with E-state index in [1.54, 1.807) is 4.90 Å². The van der Waals surface area contributed by atoms with Gasteiger partial charge >= 0.3 is 0 Å². The molecule has 0 aliphatic rings. The number of quaternary nitrogens is 1. The van der Waals surface area contributed by atoms with Gasteiger partial charge in [0.2, 0.25) is 0 Å². The predicted octanol–water partition coefficient (Wildman–Crippen LogP) is 7.95. The lowest BCUT2D eigenvalue weighted by atomic mass is 9.91. The van der Waals surface area contributed by atoms with Gasteiger partial charge in [0, 0.05) is 6.42 Å². The summed E-state index contributed by atoms with van der Waals surface area (Å²) < 4.78 is 0. The summed E-state index contributed by atoms with van der Waals surface area (Å²) in [6.07, 6.45) is 16.7. The van der Waals surface area contributed by atoms with Gasteiger partial charge in [-0.3, -0.25) is 0 Å². The van der Waals surface area contributed by atoms with Crippen LogP contribution < -0.4 is 4.90 Å². The summed E-state index contributed by atoms with van der Waals surface area (Å²) >= 11 is 0. The zero-order valence-electron chi connectivity index (χ0n) is 21.1. The van der Waals surface area contributed by atoms with E-state index >= 15 is 0 Å². The quantitative estimate of drug-likeness (QED) is 0.141. The highest BCUT2D eigenvalue weighted by Crippen LogP contribution is 2.36. The topological polar surface area (TPSA) is 4.44 Å². The minimum atomic E-state index is 1.18. The Morgan fingerprint density at radius 3 is 1.79 bits per heavy atom. The van der Waals surface area contributed by atoms with Gasteiger partial charge in [0.25, 0.3) is 0 Å². The molecule has 0 saturated heterocycles. The molecular formula is C32H44N+. The number of rotatable bonds is 15. The van der Waals surface area contributed by atoms with Gasteiger partial charge < -0.3 is 4.90 Å². The summed E-state index contributed by atoms with van der Waals surface area (Å²) in [5.41, 5.74) is 1.52.